The van der Waals surface area contributed by atoms with Crippen LogP contribution in [0.4, 0.5) is 11.4 Å². The second-order valence-corrected chi connectivity index (χ2v) is 4.84. The predicted octanol–water partition coefficient (Wildman–Crippen LogP) is 3.08. The van der Waals surface area contributed by atoms with Crippen molar-refractivity contribution in [2.24, 2.45) is 0 Å². The fourth-order valence-corrected chi connectivity index (χ4v) is 2.16. The van der Waals surface area contributed by atoms with Crippen LogP contribution in [0, 0.1) is 0 Å². The van der Waals surface area contributed by atoms with E-state index in [0.29, 0.717) is 17.9 Å². The van der Waals surface area contributed by atoms with Crippen LogP contribution in [0.15, 0.2) is 48.5 Å². The van der Waals surface area contributed by atoms with Gasteiger partial charge in [0.05, 0.1) is 23.5 Å². The van der Waals surface area contributed by atoms with E-state index in [4.69, 9.17) is 10.5 Å². The van der Waals surface area contributed by atoms with Crippen molar-refractivity contribution in [3.05, 3.63) is 59.7 Å². The van der Waals surface area contributed by atoms with Crippen molar-refractivity contribution in [3.8, 4) is 0 Å². The molecule has 0 saturated heterocycles. The number of nitrogen functional groups attached to an aromatic ring is 1. The van der Waals surface area contributed by atoms with Crippen LogP contribution in [0.1, 0.15) is 22.8 Å². The van der Waals surface area contributed by atoms with Crippen LogP contribution in [0.5, 0.6) is 0 Å². The molecule has 0 saturated carbocycles. The van der Waals surface area contributed by atoms with Gasteiger partial charge in [-0.15, -0.1) is 0 Å². The van der Waals surface area contributed by atoms with Gasteiger partial charge in [0.15, 0.2) is 0 Å². The lowest BCUT2D eigenvalue weighted by molar-refractivity contribution is 0.0526. The van der Waals surface area contributed by atoms with Crippen molar-refractivity contribution in [3.63, 3.8) is 0 Å². The minimum Gasteiger partial charge on any atom is -0.462 e. The van der Waals surface area contributed by atoms with E-state index < -0.39 is 0 Å². The highest BCUT2D eigenvalue weighted by molar-refractivity contribution is 5.92. The molecule has 0 aromatic heterocycles. The summed E-state index contributed by atoms with van der Waals surface area (Å²) in [6.07, 6.45) is 0. The molecule has 0 amide bonds. The van der Waals surface area contributed by atoms with Gasteiger partial charge in [0.1, 0.15) is 0 Å². The van der Waals surface area contributed by atoms with E-state index in [-0.39, 0.29) is 5.97 Å². The highest BCUT2D eigenvalue weighted by Gasteiger charge is 2.12. The lowest BCUT2D eigenvalue weighted by Gasteiger charge is -2.22. The Morgan fingerprint density at radius 3 is 2.57 bits per heavy atom. The highest BCUT2D eigenvalue weighted by Crippen LogP contribution is 2.25. The fraction of sp³-hybridized carbons (Fsp3) is 0.235. The second kappa shape index (κ2) is 6.79. The molecule has 4 heteroatoms. The number of esters is 1. The van der Waals surface area contributed by atoms with Crippen LogP contribution in [0.2, 0.25) is 0 Å². The molecule has 21 heavy (non-hydrogen) atoms. The molecule has 2 N–H and O–H groups in total. The van der Waals surface area contributed by atoms with Crippen molar-refractivity contribution in [1.29, 1.82) is 0 Å². The molecule has 0 aliphatic carbocycles. The largest absolute Gasteiger partial charge is 0.462 e. The number of ether oxygens (including phenoxy) is 1. The first-order valence-electron chi connectivity index (χ1n) is 6.93. The monoisotopic (exact) mass is 284 g/mol. The van der Waals surface area contributed by atoms with Gasteiger partial charge >= 0.3 is 5.97 Å². The molecule has 2 rings (SSSR count). The molecule has 0 atom stereocenters. The Kier molecular flexibility index (Phi) is 4.82. The Morgan fingerprint density at radius 1 is 1.19 bits per heavy atom. The number of nitrogens with zero attached hydrogens (tertiary/aromatic N) is 1. The van der Waals surface area contributed by atoms with Crippen LogP contribution in [0.3, 0.4) is 0 Å². The summed E-state index contributed by atoms with van der Waals surface area (Å²) in [6.45, 7) is 2.87. The van der Waals surface area contributed by atoms with Gasteiger partial charge in [-0.25, -0.2) is 4.79 Å². The maximum Gasteiger partial charge on any atom is 0.338 e. The molecule has 0 bridgehead atoms. The lowest BCUT2D eigenvalue weighted by Crippen LogP contribution is -2.18. The van der Waals surface area contributed by atoms with E-state index in [0.717, 1.165) is 12.2 Å². The quantitative estimate of drug-likeness (QED) is 0.677. The van der Waals surface area contributed by atoms with E-state index in [1.165, 1.54) is 5.56 Å². The van der Waals surface area contributed by atoms with Gasteiger partial charge in [0, 0.05) is 13.6 Å². The van der Waals surface area contributed by atoms with Crippen LogP contribution >= 0.6 is 0 Å². The van der Waals surface area contributed by atoms with E-state index in [1.54, 1.807) is 25.1 Å². The summed E-state index contributed by atoms with van der Waals surface area (Å²) in [5.41, 5.74) is 9.18. The number of nitrogens with two attached hydrogens (primary N) is 1. The first-order valence-corrected chi connectivity index (χ1v) is 6.93. The Hall–Kier alpha value is -2.49. The molecule has 0 spiro atoms. The molecule has 0 aliphatic rings. The Bertz CT molecular complexity index is 611. The summed E-state index contributed by atoms with van der Waals surface area (Å²) < 4.78 is 5.02. The van der Waals surface area contributed by atoms with E-state index in [9.17, 15) is 4.79 Å². The number of carbonyl (C=O) groups excluding carboxylic acids is 1. The van der Waals surface area contributed by atoms with Gasteiger partial charge in [0.2, 0.25) is 0 Å². The number of benzene rings is 2. The van der Waals surface area contributed by atoms with Gasteiger partial charge in [-0.3, -0.25) is 0 Å². The van der Waals surface area contributed by atoms with Crippen LogP contribution in [-0.4, -0.2) is 19.6 Å². The minimum atomic E-state index is -0.327. The van der Waals surface area contributed by atoms with Gasteiger partial charge in [-0.2, -0.15) is 0 Å². The highest BCUT2D eigenvalue weighted by atomic mass is 16.5. The standard InChI is InChI=1S/C17H20N2O2/c1-3-21-17(20)14-9-10-15(18)16(11-14)19(2)12-13-7-5-4-6-8-13/h4-11H,3,12,18H2,1-2H3. The van der Waals surface area contributed by atoms with Gasteiger partial charge in [0.25, 0.3) is 0 Å². The van der Waals surface area contributed by atoms with Gasteiger partial charge < -0.3 is 15.4 Å². The molecule has 0 aliphatic heterocycles. The third-order valence-electron chi connectivity index (χ3n) is 3.22. The van der Waals surface area contributed by atoms with Crippen molar-refractivity contribution in [2.75, 3.05) is 24.3 Å². The number of hydrogen-bond acceptors (Lipinski definition) is 4. The number of anilines is 2. The lowest BCUT2D eigenvalue weighted by atomic mass is 10.1. The zero-order valence-electron chi connectivity index (χ0n) is 12.4. The van der Waals surface area contributed by atoms with Gasteiger partial charge in [-0.1, -0.05) is 30.3 Å². The van der Waals surface area contributed by atoms with Crippen LogP contribution in [0.25, 0.3) is 0 Å². The van der Waals surface area contributed by atoms with E-state index in [1.807, 2.05) is 30.1 Å². The Morgan fingerprint density at radius 2 is 1.90 bits per heavy atom. The summed E-state index contributed by atoms with van der Waals surface area (Å²) in [5.74, 6) is -0.327. The van der Waals surface area contributed by atoms with Crippen molar-refractivity contribution < 1.29 is 9.53 Å². The Labute approximate surface area is 125 Å². The van der Waals surface area contributed by atoms with Crippen molar-refractivity contribution in [2.45, 2.75) is 13.5 Å². The molecule has 110 valence electrons. The number of carbonyl (C=O) groups is 1. The maximum atomic E-state index is 11.8. The van der Waals surface area contributed by atoms with E-state index >= 15 is 0 Å². The molecule has 0 radical (unpaired) electrons. The summed E-state index contributed by atoms with van der Waals surface area (Å²) in [4.78, 5) is 13.8. The fourth-order valence-electron chi connectivity index (χ4n) is 2.16. The Balaban J connectivity index is 2.21. The molecule has 0 fully saturated rings. The summed E-state index contributed by atoms with van der Waals surface area (Å²) in [7, 11) is 1.95. The zero-order valence-corrected chi connectivity index (χ0v) is 12.4. The normalized spacial score (nSPS) is 10.2. The smallest absolute Gasteiger partial charge is 0.338 e. The second-order valence-electron chi connectivity index (χ2n) is 4.84. The predicted molar refractivity (Wildman–Crippen MR) is 85.4 cm³/mol. The first-order chi connectivity index (χ1) is 10.1. The minimum absolute atomic E-state index is 0.327. The summed E-state index contributed by atoms with van der Waals surface area (Å²) in [6, 6.07) is 15.3. The molecular weight excluding hydrogens is 264 g/mol. The van der Waals surface area contributed by atoms with E-state index in [2.05, 4.69) is 12.1 Å². The van der Waals surface area contributed by atoms with Gasteiger partial charge in [-0.05, 0) is 30.7 Å². The third kappa shape index (κ3) is 3.75. The number of rotatable bonds is 5. The van der Waals surface area contributed by atoms with Crippen LogP contribution < -0.4 is 10.6 Å². The molecule has 4 nitrogen and oxygen atoms in total. The summed E-state index contributed by atoms with van der Waals surface area (Å²) in [5, 5.41) is 0. The topological polar surface area (TPSA) is 55.6 Å². The zero-order chi connectivity index (χ0) is 15.2. The average Bonchev–Trinajstić information content (AvgIpc) is 2.48. The van der Waals surface area contributed by atoms with Crippen molar-refractivity contribution >= 4 is 17.3 Å². The summed E-state index contributed by atoms with van der Waals surface area (Å²) >= 11 is 0. The maximum absolute atomic E-state index is 11.8. The van der Waals surface area contributed by atoms with Crippen molar-refractivity contribution in [1.82, 2.24) is 0 Å². The molecule has 2 aromatic rings. The number of hydrogen-bond donors (Lipinski definition) is 1. The molecule has 0 unspecified atom stereocenters. The van der Waals surface area contributed by atoms with Crippen LogP contribution in [-0.2, 0) is 11.3 Å². The SMILES string of the molecule is CCOC(=O)c1ccc(N)c(N(C)Cc2ccccc2)c1. The molecule has 0 heterocycles. The molecule has 2 aromatic carbocycles. The average molecular weight is 284 g/mol. The first kappa shape index (κ1) is 14.9. The molecular formula is C17H20N2O2. The third-order valence-corrected chi connectivity index (χ3v) is 3.22.